The highest BCUT2D eigenvalue weighted by atomic mass is 32.2. The van der Waals surface area contributed by atoms with Gasteiger partial charge in [-0.1, -0.05) is 30.0 Å². The lowest BCUT2D eigenvalue weighted by atomic mass is 10.3. The van der Waals surface area contributed by atoms with E-state index >= 15 is 0 Å². The number of benzene rings is 2. The fourth-order valence-corrected chi connectivity index (χ4v) is 3.31. The monoisotopic (exact) mass is 377 g/mol. The number of oxazole rings is 1. The van der Waals surface area contributed by atoms with Crippen molar-refractivity contribution in [3.8, 4) is 0 Å². The number of nitrogens with zero attached hydrogens (tertiary/aromatic N) is 1. The molecule has 130 valence electrons. The number of thioether (sulfide) groups is 1. The quantitative estimate of drug-likeness (QED) is 0.641. The molecule has 2 N–H and O–H groups in total. The topological polar surface area (TPSA) is 101 Å². The average Bonchev–Trinajstić information content (AvgIpc) is 2.94. The predicted molar refractivity (Wildman–Crippen MR) is 98.3 cm³/mol. The Bertz CT molecular complexity index is 982. The Hall–Kier alpha value is -2.52. The number of carbonyl (C=O) groups excluding carboxylic acids is 1. The molecule has 0 aliphatic carbocycles. The lowest BCUT2D eigenvalue weighted by molar-refractivity contribution is -0.113. The zero-order chi connectivity index (χ0) is 17.9. The van der Waals surface area contributed by atoms with Crippen molar-refractivity contribution in [2.75, 3.05) is 22.0 Å². The van der Waals surface area contributed by atoms with E-state index in [1.807, 2.05) is 24.3 Å². The van der Waals surface area contributed by atoms with E-state index in [0.29, 0.717) is 22.2 Å². The standard InChI is InChI=1S/C16H15N3O4S2/c1-25(21,22)19-12-6-4-5-11(9-12)17-15(20)10-24-16-18-13-7-2-3-8-14(13)23-16/h2-9,19H,10H2,1H3,(H,17,20). The van der Waals surface area contributed by atoms with Crippen molar-refractivity contribution in [2.24, 2.45) is 0 Å². The first kappa shape index (κ1) is 17.3. The van der Waals surface area contributed by atoms with Gasteiger partial charge in [0.1, 0.15) is 5.52 Å². The summed E-state index contributed by atoms with van der Waals surface area (Å²) in [6, 6.07) is 13.8. The number of sulfonamides is 1. The van der Waals surface area contributed by atoms with Crippen molar-refractivity contribution < 1.29 is 17.6 Å². The van der Waals surface area contributed by atoms with Crippen LogP contribution in [0, 0.1) is 0 Å². The van der Waals surface area contributed by atoms with Crippen LogP contribution < -0.4 is 10.0 Å². The zero-order valence-corrected chi connectivity index (χ0v) is 14.9. The van der Waals surface area contributed by atoms with Crippen LogP contribution in [0.25, 0.3) is 11.1 Å². The molecule has 0 atom stereocenters. The van der Waals surface area contributed by atoms with Gasteiger partial charge < -0.3 is 9.73 Å². The molecule has 1 amide bonds. The van der Waals surface area contributed by atoms with Crippen molar-refractivity contribution in [1.82, 2.24) is 4.98 Å². The Kier molecular flexibility index (Phi) is 4.95. The predicted octanol–water partition coefficient (Wildman–Crippen LogP) is 2.93. The molecule has 0 bridgehead atoms. The molecule has 2 aromatic carbocycles. The van der Waals surface area contributed by atoms with Gasteiger partial charge in [0.2, 0.25) is 15.9 Å². The number of hydrogen-bond donors (Lipinski definition) is 2. The van der Waals surface area contributed by atoms with Gasteiger partial charge in [0.05, 0.1) is 17.7 Å². The lowest BCUT2D eigenvalue weighted by Gasteiger charge is -2.07. The van der Waals surface area contributed by atoms with Crippen molar-refractivity contribution >= 4 is 50.2 Å². The van der Waals surface area contributed by atoms with Gasteiger partial charge in [0.25, 0.3) is 5.22 Å². The Labute approximate surface area is 148 Å². The second kappa shape index (κ2) is 7.16. The Balaban J connectivity index is 1.59. The number of hydrogen-bond acceptors (Lipinski definition) is 6. The molecule has 1 heterocycles. The second-order valence-corrected chi connectivity index (χ2v) is 7.91. The van der Waals surface area contributed by atoms with Crippen LogP contribution in [0.15, 0.2) is 58.2 Å². The van der Waals surface area contributed by atoms with Gasteiger partial charge in [-0.15, -0.1) is 0 Å². The highest BCUT2D eigenvalue weighted by Gasteiger charge is 2.10. The lowest BCUT2D eigenvalue weighted by Crippen LogP contribution is -2.14. The number of fused-ring (bicyclic) bond motifs is 1. The fraction of sp³-hybridized carbons (Fsp3) is 0.125. The average molecular weight is 377 g/mol. The van der Waals surface area contributed by atoms with Crippen molar-refractivity contribution in [3.63, 3.8) is 0 Å². The second-order valence-electron chi connectivity index (χ2n) is 5.24. The molecule has 0 saturated carbocycles. The van der Waals surface area contributed by atoms with Crippen molar-refractivity contribution in [1.29, 1.82) is 0 Å². The van der Waals surface area contributed by atoms with Gasteiger partial charge in [0.15, 0.2) is 5.58 Å². The molecule has 0 aliphatic heterocycles. The van der Waals surface area contributed by atoms with Crippen LogP contribution >= 0.6 is 11.8 Å². The summed E-state index contributed by atoms with van der Waals surface area (Å²) in [4.78, 5) is 16.3. The molecular formula is C16H15N3O4S2. The summed E-state index contributed by atoms with van der Waals surface area (Å²) in [6.45, 7) is 0. The summed E-state index contributed by atoms with van der Waals surface area (Å²) >= 11 is 1.19. The van der Waals surface area contributed by atoms with Crippen LogP contribution in [0.3, 0.4) is 0 Å². The van der Waals surface area contributed by atoms with Crippen molar-refractivity contribution in [2.45, 2.75) is 5.22 Å². The first-order valence-electron chi connectivity index (χ1n) is 7.25. The summed E-state index contributed by atoms with van der Waals surface area (Å²) in [5.74, 6) is -0.125. The third-order valence-corrected chi connectivity index (χ3v) is 4.49. The number of para-hydroxylation sites is 2. The SMILES string of the molecule is CS(=O)(=O)Nc1cccc(NC(=O)CSc2nc3ccccc3o2)c1. The van der Waals surface area contributed by atoms with E-state index in [2.05, 4.69) is 15.0 Å². The molecule has 0 unspecified atom stereocenters. The summed E-state index contributed by atoms with van der Waals surface area (Å²) in [5, 5.41) is 3.13. The van der Waals surface area contributed by atoms with Crippen LogP contribution in [0.5, 0.6) is 0 Å². The molecule has 25 heavy (non-hydrogen) atoms. The van der Waals surface area contributed by atoms with Gasteiger partial charge in [-0.2, -0.15) is 0 Å². The minimum atomic E-state index is -3.37. The number of anilines is 2. The van der Waals surface area contributed by atoms with E-state index in [1.165, 1.54) is 11.8 Å². The van der Waals surface area contributed by atoms with E-state index < -0.39 is 10.0 Å². The number of nitrogens with one attached hydrogen (secondary N) is 2. The number of amides is 1. The van der Waals surface area contributed by atoms with Gasteiger partial charge >= 0.3 is 0 Å². The Morgan fingerprint density at radius 1 is 1.16 bits per heavy atom. The molecule has 0 radical (unpaired) electrons. The van der Waals surface area contributed by atoms with Crippen molar-refractivity contribution in [3.05, 3.63) is 48.5 Å². The third kappa shape index (κ3) is 4.97. The summed E-state index contributed by atoms with van der Waals surface area (Å²) < 4.78 is 30.4. The van der Waals surface area contributed by atoms with E-state index in [0.717, 1.165) is 11.8 Å². The first-order valence-corrected chi connectivity index (χ1v) is 10.1. The molecule has 3 rings (SSSR count). The first-order chi connectivity index (χ1) is 11.9. The summed E-state index contributed by atoms with van der Waals surface area (Å²) in [5.41, 5.74) is 2.29. The van der Waals surface area contributed by atoms with Gasteiger partial charge in [0, 0.05) is 5.69 Å². The van der Waals surface area contributed by atoms with E-state index in [-0.39, 0.29) is 11.7 Å². The Morgan fingerprint density at radius 3 is 2.68 bits per heavy atom. The van der Waals surface area contributed by atoms with Crippen LogP contribution in [-0.4, -0.2) is 31.3 Å². The molecule has 0 aliphatic rings. The van der Waals surface area contributed by atoms with Gasteiger partial charge in [-0.05, 0) is 30.3 Å². The van der Waals surface area contributed by atoms with E-state index in [4.69, 9.17) is 4.42 Å². The van der Waals surface area contributed by atoms with Gasteiger partial charge in [-0.25, -0.2) is 13.4 Å². The number of carbonyl (C=O) groups is 1. The molecule has 0 saturated heterocycles. The highest BCUT2D eigenvalue weighted by molar-refractivity contribution is 7.99. The van der Waals surface area contributed by atoms with E-state index in [9.17, 15) is 13.2 Å². The van der Waals surface area contributed by atoms with E-state index in [1.54, 1.807) is 24.3 Å². The molecule has 3 aromatic rings. The summed E-state index contributed by atoms with van der Waals surface area (Å²) in [6.07, 6.45) is 1.06. The molecule has 0 fully saturated rings. The third-order valence-electron chi connectivity index (χ3n) is 3.05. The number of rotatable bonds is 6. The van der Waals surface area contributed by atoms with Crippen LogP contribution in [0.4, 0.5) is 11.4 Å². The minimum Gasteiger partial charge on any atom is -0.431 e. The normalized spacial score (nSPS) is 11.4. The molecule has 0 spiro atoms. The molecule has 7 nitrogen and oxygen atoms in total. The maximum Gasteiger partial charge on any atom is 0.257 e. The minimum absolute atomic E-state index is 0.122. The maximum absolute atomic E-state index is 12.1. The smallest absolute Gasteiger partial charge is 0.257 e. The highest BCUT2D eigenvalue weighted by Crippen LogP contribution is 2.23. The molecule has 1 aromatic heterocycles. The molecule has 9 heteroatoms. The summed E-state index contributed by atoms with van der Waals surface area (Å²) in [7, 11) is -3.37. The van der Waals surface area contributed by atoms with Gasteiger partial charge in [-0.3, -0.25) is 9.52 Å². The van der Waals surface area contributed by atoms with Crippen LogP contribution in [0.2, 0.25) is 0 Å². The zero-order valence-electron chi connectivity index (χ0n) is 13.2. The van der Waals surface area contributed by atoms with Crippen LogP contribution in [-0.2, 0) is 14.8 Å². The van der Waals surface area contributed by atoms with Crippen LogP contribution in [0.1, 0.15) is 0 Å². The Morgan fingerprint density at radius 2 is 1.92 bits per heavy atom. The maximum atomic E-state index is 12.1. The molecular weight excluding hydrogens is 362 g/mol. The largest absolute Gasteiger partial charge is 0.431 e. The fourth-order valence-electron chi connectivity index (χ4n) is 2.11. The number of aromatic nitrogens is 1.